The lowest BCUT2D eigenvalue weighted by Gasteiger charge is -2.29. The van der Waals surface area contributed by atoms with Crippen molar-refractivity contribution in [1.29, 1.82) is 0 Å². The van der Waals surface area contributed by atoms with Gasteiger partial charge in [0.2, 0.25) is 0 Å². The third-order valence-corrected chi connectivity index (χ3v) is 4.29. The van der Waals surface area contributed by atoms with E-state index in [2.05, 4.69) is 39.5 Å². The number of likely N-dealkylation sites (tertiary alicyclic amines) is 1. The van der Waals surface area contributed by atoms with Crippen molar-refractivity contribution in [2.24, 2.45) is 5.92 Å². The van der Waals surface area contributed by atoms with Crippen molar-refractivity contribution in [1.82, 2.24) is 14.9 Å². The van der Waals surface area contributed by atoms with Crippen LogP contribution in [0.1, 0.15) is 26.2 Å². The Morgan fingerprint density at radius 2 is 2.10 bits per heavy atom. The lowest BCUT2D eigenvalue weighted by atomic mass is 9.98. The van der Waals surface area contributed by atoms with E-state index in [-0.39, 0.29) is 0 Å². The SMILES string of the molecule is CCCNc1cc(NCC2CCCN(C)C2)nc(SC)n1. The van der Waals surface area contributed by atoms with Crippen LogP contribution in [0.15, 0.2) is 11.2 Å². The Bertz CT molecular complexity index is 440. The molecule has 0 spiro atoms. The van der Waals surface area contributed by atoms with Gasteiger partial charge in [0, 0.05) is 25.7 Å². The molecule has 0 saturated carbocycles. The molecule has 2 heterocycles. The summed E-state index contributed by atoms with van der Waals surface area (Å²) in [6.45, 7) is 6.49. The summed E-state index contributed by atoms with van der Waals surface area (Å²) < 4.78 is 0. The minimum Gasteiger partial charge on any atom is -0.370 e. The van der Waals surface area contributed by atoms with E-state index in [1.54, 1.807) is 11.8 Å². The highest BCUT2D eigenvalue weighted by molar-refractivity contribution is 7.98. The molecule has 1 aliphatic rings. The number of nitrogens with one attached hydrogen (secondary N) is 2. The van der Waals surface area contributed by atoms with Crippen LogP contribution < -0.4 is 10.6 Å². The number of hydrogen-bond acceptors (Lipinski definition) is 6. The third kappa shape index (κ3) is 5.36. The van der Waals surface area contributed by atoms with Gasteiger partial charge in [0.25, 0.3) is 0 Å². The van der Waals surface area contributed by atoms with Crippen molar-refractivity contribution in [2.45, 2.75) is 31.3 Å². The molecular formula is C15H27N5S. The molecule has 6 heteroatoms. The molecule has 1 atom stereocenters. The minimum atomic E-state index is 0.712. The average Bonchev–Trinajstić information content (AvgIpc) is 2.51. The van der Waals surface area contributed by atoms with Gasteiger partial charge in [0.05, 0.1) is 0 Å². The number of piperidine rings is 1. The predicted octanol–water partition coefficient (Wildman–Crippen LogP) is 2.77. The Morgan fingerprint density at radius 3 is 2.76 bits per heavy atom. The van der Waals surface area contributed by atoms with Crippen molar-refractivity contribution in [2.75, 3.05) is 50.1 Å². The molecule has 118 valence electrons. The molecular weight excluding hydrogens is 282 g/mol. The zero-order valence-electron chi connectivity index (χ0n) is 13.4. The summed E-state index contributed by atoms with van der Waals surface area (Å²) in [6.07, 6.45) is 5.71. The summed E-state index contributed by atoms with van der Waals surface area (Å²) in [6, 6.07) is 2.02. The van der Waals surface area contributed by atoms with E-state index in [0.29, 0.717) is 5.92 Å². The molecule has 0 aliphatic carbocycles. The van der Waals surface area contributed by atoms with Gasteiger partial charge in [-0.05, 0) is 45.0 Å². The van der Waals surface area contributed by atoms with Crippen molar-refractivity contribution in [3.8, 4) is 0 Å². The number of aromatic nitrogens is 2. The second kappa shape index (κ2) is 8.44. The van der Waals surface area contributed by atoms with E-state index >= 15 is 0 Å². The average molecular weight is 309 g/mol. The summed E-state index contributed by atoms with van der Waals surface area (Å²) in [5.74, 6) is 2.56. The molecule has 0 radical (unpaired) electrons. The molecule has 1 aliphatic heterocycles. The number of anilines is 2. The first-order chi connectivity index (χ1) is 10.2. The van der Waals surface area contributed by atoms with Gasteiger partial charge < -0.3 is 15.5 Å². The standard InChI is InChI=1S/C15H27N5S/c1-4-7-16-13-9-14(19-15(18-13)21-3)17-10-12-6-5-8-20(2)11-12/h9,12H,4-8,10-11H2,1-3H3,(H2,16,17,18,19). The molecule has 2 N–H and O–H groups in total. The fourth-order valence-electron chi connectivity index (χ4n) is 2.64. The first kappa shape index (κ1) is 16.4. The summed E-state index contributed by atoms with van der Waals surface area (Å²) >= 11 is 1.58. The fraction of sp³-hybridized carbons (Fsp3) is 0.733. The molecule has 0 aromatic carbocycles. The molecule has 1 aromatic heterocycles. The highest BCUT2D eigenvalue weighted by Crippen LogP contribution is 2.19. The summed E-state index contributed by atoms with van der Waals surface area (Å²) in [5, 5.41) is 7.66. The van der Waals surface area contributed by atoms with Gasteiger partial charge in [-0.3, -0.25) is 0 Å². The van der Waals surface area contributed by atoms with Crippen molar-refractivity contribution >= 4 is 23.4 Å². The number of thioether (sulfide) groups is 1. The van der Waals surface area contributed by atoms with Gasteiger partial charge in [-0.2, -0.15) is 0 Å². The molecule has 21 heavy (non-hydrogen) atoms. The van der Waals surface area contributed by atoms with E-state index in [0.717, 1.165) is 36.3 Å². The Balaban J connectivity index is 1.94. The van der Waals surface area contributed by atoms with E-state index in [4.69, 9.17) is 0 Å². The number of rotatable bonds is 7. The van der Waals surface area contributed by atoms with Crippen LogP contribution in [0.4, 0.5) is 11.6 Å². The van der Waals surface area contributed by atoms with Crippen LogP contribution in [0.2, 0.25) is 0 Å². The van der Waals surface area contributed by atoms with E-state index in [9.17, 15) is 0 Å². The second-order valence-corrected chi connectivity index (χ2v) is 6.48. The second-order valence-electron chi connectivity index (χ2n) is 5.70. The normalized spacial score (nSPS) is 19.5. The molecule has 1 unspecified atom stereocenters. The molecule has 1 fully saturated rings. The predicted molar refractivity (Wildman–Crippen MR) is 91.3 cm³/mol. The minimum absolute atomic E-state index is 0.712. The topological polar surface area (TPSA) is 53.1 Å². The van der Waals surface area contributed by atoms with E-state index in [1.165, 1.54) is 25.9 Å². The zero-order chi connectivity index (χ0) is 15.1. The van der Waals surface area contributed by atoms with Crippen molar-refractivity contribution < 1.29 is 0 Å². The highest BCUT2D eigenvalue weighted by atomic mass is 32.2. The zero-order valence-corrected chi connectivity index (χ0v) is 14.2. The summed E-state index contributed by atoms with van der Waals surface area (Å²) in [4.78, 5) is 11.5. The Labute approximate surface area is 132 Å². The van der Waals surface area contributed by atoms with Crippen LogP contribution in [0, 0.1) is 5.92 Å². The molecule has 1 saturated heterocycles. The lowest BCUT2D eigenvalue weighted by molar-refractivity contribution is 0.217. The quantitative estimate of drug-likeness (QED) is 0.597. The maximum Gasteiger partial charge on any atom is 0.191 e. The van der Waals surface area contributed by atoms with Crippen molar-refractivity contribution in [3.05, 3.63) is 6.07 Å². The number of nitrogens with zero attached hydrogens (tertiary/aromatic N) is 3. The summed E-state index contributed by atoms with van der Waals surface area (Å²) in [7, 11) is 2.20. The number of hydrogen-bond donors (Lipinski definition) is 2. The van der Waals surface area contributed by atoms with Crippen LogP contribution in [-0.2, 0) is 0 Å². The van der Waals surface area contributed by atoms with Crippen LogP contribution in [-0.4, -0.2) is 54.4 Å². The van der Waals surface area contributed by atoms with Gasteiger partial charge in [-0.1, -0.05) is 18.7 Å². The summed E-state index contributed by atoms with van der Waals surface area (Å²) in [5.41, 5.74) is 0. The van der Waals surface area contributed by atoms with Crippen LogP contribution >= 0.6 is 11.8 Å². The van der Waals surface area contributed by atoms with Crippen LogP contribution in [0.5, 0.6) is 0 Å². The van der Waals surface area contributed by atoms with Crippen LogP contribution in [0.25, 0.3) is 0 Å². The fourth-order valence-corrected chi connectivity index (χ4v) is 3.02. The van der Waals surface area contributed by atoms with Crippen molar-refractivity contribution in [3.63, 3.8) is 0 Å². The van der Waals surface area contributed by atoms with E-state index in [1.807, 2.05) is 12.3 Å². The molecule has 2 rings (SSSR count). The maximum absolute atomic E-state index is 4.55. The Hall–Kier alpha value is -1.01. The maximum atomic E-state index is 4.55. The smallest absolute Gasteiger partial charge is 0.191 e. The van der Waals surface area contributed by atoms with E-state index < -0.39 is 0 Å². The molecule has 1 aromatic rings. The first-order valence-electron chi connectivity index (χ1n) is 7.80. The Kier molecular flexibility index (Phi) is 6.57. The van der Waals surface area contributed by atoms with Gasteiger partial charge in [-0.25, -0.2) is 9.97 Å². The Morgan fingerprint density at radius 1 is 1.33 bits per heavy atom. The molecule has 0 amide bonds. The monoisotopic (exact) mass is 309 g/mol. The highest BCUT2D eigenvalue weighted by Gasteiger charge is 2.17. The van der Waals surface area contributed by atoms with Gasteiger partial charge in [0.15, 0.2) is 5.16 Å². The van der Waals surface area contributed by atoms with Gasteiger partial charge in [0.1, 0.15) is 11.6 Å². The first-order valence-corrected chi connectivity index (χ1v) is 9.03. The third-order valence-electron chi connectivity index (χ3n) is 3.74. The lowest BCUT2D eigenvalue weighted by Crippen LogP contribution is -2.35. The van der Waals surface area contributed by atoms with Gasteiger partial charge in [-0.15, -0.1) is 0 Å². The molecule has 5 nitrogen and oxygen atoms in total. The van der Waals surface area contributed by atoms with Gasteiger partial charge >= 0.3 is 0 Å². The van der Waals surface area contributed by atoms with Crippen LogP contribution in [0.3, 0.4) is 0 Å². The molecule has 0 bridgehead atoms. The largest absolute Gasteiger partial charge is 0.370 e.